The Hall–Kier alpha value is -1.13. The second-order valence-electron chi connectivity index (χ2n) is 4.09. The largest absolute Gasteiger partial charge is 0.294 e. The third-order valence-electron chi connectivity index (χ3n) is 2.84. The van der Waals surface area contributed by atoms with Gasteiger partial charge in [-0.05, 0) is 35.9 Å². The van der Waals surface area contributed by atoms with E-state index in [1.165, 1.54) is 23.9 Å². The number of carbonyl (C=O) groups is 1. The molecule has 2 aromatic rings. The Balaban J connectivity index is 2.18. The molecule has 18 heavy (non-hydrogen) atoms. The quantitative estimate of drug-likeness (QED) is 0.711. The molecule has 1 aliphatic rings. The molecule has 0 N–H and O–H groups in total. The first-order valence-corrected chi connectivity index (χ1v) is 7.03. The van der Waals surface area contributed by atoms with E-state index >= 15 is 0 Å². The molecule has 0 saturated heterocycles. The van der Waals surface area contributed by atoms with Crippen LogP contribution in [0, 0.1) is 5.82 Å². The molecule has 0 radical (unpaired) electrons. The Labute approximate surface area is 117 Å². The molecular formula is C14H8BrFOS. The summed E-state index contributed by atoms with van der Waals surface area (Å²) in [4.78, 5) is 13.8. The smallest absolute Gasteiger partial charge is 0.168 e. The predicted molar refractivity (Wildman–Crippen MR) is 72.7 cm³/mol. The number of fused-ring (bicyclic) bond motifs is 2. The van der Waals surface area contributed by atoms with Gasteiger partial charge in [0.05, 0.1) is 0 Å². The highest BCUT2D eigenvalue weighted by atomic mass is 79.9. The van der Waals surface area contributed by atoms with Gasteiger partial charge in [0.15, 0.2) is 5.78 Å². The van der Waals surface area contributed by atoms with Gasteiger partial charge in [-0.1, -0.05) is 33.8 Å². The van der Waals surface area contributed by atoms with Gasteiger partial charge in [-0.25, -0.2) is 4.39 Å². The van der Waals surface area contributed by atoms with Gasteiger partial charge in [-0.3, -0.25) is 4.79 Å². The number of carbonyl (C=O) groups excluding carboxylic acids is 1. The summed E-state index contributed by atoms with van der Waals surface area (Å²) >= 11 is 4.84. The van der Waals surface area contributed by atoms with Gasteiger partial charge in [0.25, 0.3) is 0 Å². The lowest BCUT2D eigenvalue weighted by atomic mass is 10.0. The number of halogens is 2. The topological polar surface area (TPSA) is 17.1 Å². The van der Waals surface area contributed by atoms with Crippen molar-refractivity contribution in [3.63, 3.8) is 0 Å². The molecule has 0 spiro atoms. The molecule has 0 saturated carbocycles. The van der Waals surface area contributed by atoms with E-state index in [2.05, 4.69) is 15.9 Å². The monoisotopic (exact) mass is 322 g/mol. The zero-order chi connectivity index (χ0) is 12.7. The number of benzene rings is 2. The van der Waals surface area contributed by atoms with Gasteiger partial charge >= 0.3 is 0 Å². The van der Waals surface area contributed by atoms with Crippen molar-refractivity contribution in [3.05, 3.63) is 57.8 Å². The van der Waals surface area contributed by atoms with Crippen LogP contribution in [-0.2, 0) is 6.42 Å². The van der Waals surface area contributed by atoms with Crippen molar-refractivity contribution in [2.24, 2.45) is 0 Å². The van der Waals surface area contributed by atoms with Gasteiger partial charge in [0, 0.05) is 26.2 Å². The molecule has 0 amide bonds. The maximum Gasteiger partial charge on any atom is 0.168 e. The van der Waals surface area contributed by atoms with Crippen LogP contribution in [0.1, 0.15) is 15.9 Å². The van der Waals surface area contributed by atoms with Crippen LogP contribution in [0.3, 0.4) is 0 Å². The first kappa shape index (κ1) is 11.9. The van der Waals surface area contributed by atoms with Crippen LogP contribution in [0.2, 0.25) is 0 Å². The summed E-state index contributed by atoms with van der Waals surface area (Å²) in [6, 6.07) is 10.2. The number of hydrogen-bond acceptors (Lipinski definition) is 2. The van der Waals surface area contributed by atoms with E-state index in [1.54, 1.807) is 6.07 Å². The Morgan fingerprint density at radius 2 is 1.94 bits per heavy atom. The van der Waals surface area contributed by atoms with E-state index < -0.39 is 0 Å². The van der Waals surface area contributed by atoms with Crippen molar-refractivity contribution < 1.29 is 9.18 Å². The van der Waals surface area contributed by atoms with E-state index in [-0.39, 0.29) is 11.6 Å². The van der Waals surface area contributed by atoms with Gasteiger partial charge in [0.2, 0.25) is 0 Å². The summed E-state index contributed by atoms with van der Waals surface area (Å²) in [5, 5.41) is 0. The molecule has 1 heterocycles. The second-order valence-corrected chi connectivity index (χ2v) is 6.09. The molecule has 0 aromatic heterocycles. The van der Waals surface area contributed by atoms with Gasteiger partial charge in [-0.15, -0.1) is 0 Å². The van der Waals surface area contributed by atoms with Crippen molar-refractivity contribution in [2.75, 3.05) is 0 Å². The Bertz CT molecular complexity index is 654. The van der Waals surface area contributed by atoms with Crippen LogP contribution in [0.4, 0.5) is 4.39 Å². The van der Waals surface area contributed by atoms with Crippen LogP contribution in [0.15, 0.2) is 50.7 Å². The van der Waals surface area contributed by atoms with Crippen molar-refractivity contribution in [2.45, 2.75) is 16.2 Å². The summed E-state index contributed by atoms with van der Waals surface area (Å²) in [5.41, 5.74) is 1.60. The minimum absolute atomic E-state index is 0.0790. The number of hydrogen-bond donors (Lipinski definition) is 0. The Morgan fingerprint density at radius 3 is 2.78 bits per heavy atom. The van der Waals surface area contributed by atoms with Gasteiger partial charge in [0.1, 0.15) is 5.82 Å². The van der Waals surface area contributed by atoms with Crippen LogP contribution in [0.25, 0.3) is 0 Å². The highest BCUT2D eigenvalue weighted by Crippen LogP contribution is 2.38. The molecule has 0 unspecified atom stereocenters. The molecule has 90 valence electrons. The van der Waals surface area contributed by atoms with E-state index in [0.717, 1.165) is 19.8 Å². The molecule has 1 nitrogen and oxygen atoms in total. The third kappa shape index (κ3) is 2.10. The SMILES string of the molecule is O=C1Cc2ccc(F)cc2Sc2cc(Br)ccc21. The summed E-state index contributed by atoms with van der Waals surface area (Å²) in [6.07, 6.45) is 0.331. The van der Waals surface area contributed by atoms with E-state index in [0.29, 0.717) is 12.0 Å². The minimum atomic E-state index is -0.271. The fraction of sp³-hybridized carbons (Fsp3) is 0.0714. The van der Waals surface area contributed by atoms with Crippen LogP contribution < -0.4 is 0 Å². The lowest BCUT2D eigenvalue weighted by Gasteiger charge is -2.05. The lowest BCUT2D eigenvalue weighted by molar-refractivity contribution is 0.0990. The average molecular weight is 323 g/mol. The molecule has 0 bridgehead atoms. The third-order valence-corrected chi connectivity index (χ3v) is 4.50. The first-order chi connectivity index (χ1) is 8.63. The highest BCUT2D eigenvalue weighted by Gasteiger charge is 2.20. The minimum Gasteiger partial charge on any atom is -0.294 e. The number of ketones is 1. The standard InChI is InChI=1S/C14H8BrFOS/c15-9-2-4-11-12(17)5-8-1-3-10(16)7-13(8)18-14(11)6-9/h1-4,6-7H,5H2. The average Bonchev–Trinajstić information content (AvgIpc) is 2.44. The molecule has 1 aliphatic heterocycles. The van der Waals surface area contributed by atoms with E-state index in [4.69, 9.17) is 0 Å². The number of Topliss-reactive ketones (excluding diaryl/α,β-unsaturated/α-hetero) is 1. The first-order valence-electron chi connectivity index (χ1n) is 5.42. The molecule has 2 aromatic carbocycles. The van der Waals surface area contributed by atoms with Crippen molar-refractivity contribution in [3.8, 4) is 0 Å². The van der Waals surface area contributed by atoms with Crippen molar-refractivity contribution >= 4 is 33.5 Å². The molecule has 0 aliphatic carbocycles. The van der Waals surface area contributed by atoms with Crippen molar-refractivity contribution in [1.29, 1.82) is 0 Å². The fourth-order valence-electron chi connectivity index (χ4n) is 1.97. The van der Waals surface area contributed by atoms with Gasteiger partial charge < -0.3 is 0 Å². The Kier molecular flexibility index (Phi) is 2.99. The zero-order valence-corrected chi connectivity index (χ0v) is 11.6. The van der Waals surface area contributed by atoms with Gasteiger partial charge in [-0.2, -0.15) is 0 Å². The normalized spacial score (nSPS) is 13.8. The lowest BCUT2D eigenvalue weighted by Crippen LogP contribution is -2.03. The summed E-state index contributed by atoms with van der Waals surface area (Å²) < 4.78 is 14.2. The van der Waals surface area contributed by atoms with Crippen LogP contribution in [0.5, 0.6) is 0 Å². The zero-order valence-electron chi connectivity index (χ0n) is 9.24. The van der Waals surface area contributed by atoms with Crippen LogP contribution >= 0.6 is 27.7 Å². The number of rotatable bonds is 0. The van der Waals surface area contributed by atoms with Crippen molar-refractivity contribution in [1.82, 2.24) is 0 Å². The van der Waals surface area contributed by atoms with Crippen LogP contribution in [-0.4, -0.2) is 5.78 Å². The summed E-state index contributed by atoms with van der Waals surface area (Å²) in [5.74, 6) is -0.192. The summed E-state index contributed by atoms with van der Waals surface area (Å²) in [6.45, 7) is 0. The second kappa shape index (κ2) is 4.52. The molecule has 0 fully saturated rings. The highest BCUT2D eigenvalue weighted by molar-refractivity contribution is 9.10. The summed E-state index contributed by atoms with van der Waals surface area (Å²) in [7, 11) is 0. The van der Waals surface area contributed by atoms with E-state index in [9.17, 15) is 9.18 Å². The maximum atomic E-state index is 13.3. The Morgan fingerprint density at radius 1 is 1.11 bits per heavy atom. The molecule has 0 atom stereocenters. The predicted octanol–water partition coefficient (Wildman–Crippen LogP) is 4.48. The molecular weight excluding hydrogens is 315 g/mol. The maximum absolute atomic E-state index is 13.3. The fourth-order valence-corrected chi connectivity index (χ4v) is 3.64. The molecule has 4 heteroatoms. The molecule has 3 rings (SSSR count). The van der Waals surface area contributed by atoms with E-state index in [1.807, 2.05) is 18.2 Å².